The Morgan fingerprint density at radius 2 is 2.11 bits per heavy atom. The van der Waals surface area contributed by atoms with E-state index in [-0.39, 0.29) is 23.9 Å². The highest BCUT2D eigenvalue weighted by Crippen LogP contribution is 2.35. The van der Waals surface area contributed by atoms with E-state index in [2.05, 4.69) is 5.32 Å². The fourth-order valence-electron chi connectivity index (χ4n) is 2.66. The maximum Gasteiger partial charge on any atom is 0.244 e. The van der Waals surface area contributed by atoms with E-state index >= 15 is 0 Å². The number of benzene rings is 1. The van der Waals surface area contributed by atoms with Crippen LogP contribution >= 0.6 is 0 Å². The van der Waals surface area contributed by atoms with Crippen LogP contribution in [0.1, 0.15) is 25.7 Å². The lowest BCUT2D eigenvalue weighted by Crippen LogP contribution is -2.52. The fraction of sp³-hybridized carbons (Fsp3) is 0.429. The summed E-state index contributed by atoms with van der Waals surface area (Å²) < 4.78 is 0. The van der Waals surface area contributed by atoms with Gasteiger partial charge in [-0.2, -0.15) is 0 Å². The number of rotatable bonds is 2. The van der Waals surface area contributed by atoms with Gasteiger partial charge in [-0.25, -0.2) is 0 Å². The van der Waals surface area contributed by atoms with Crippen molar-refractivity contribution >= 4 is 23.2 Å². The predicted molar refractivity (Wildman–Crippen MR) is 72.8 cm³/mol. The van der Waals surface area contributed by atoms with Crippen LogP contribution in [0, 0.1) is 0 Å². The van der Waals surface area contributed by atoms with E-state index in [9.17, 15) is 9.59 Å². The van der Waals surface area contributed by atoms with Crippen molar-refractivity contribution in [3.8, 4) is 0 Å². The normalized spacial score (nSPS) is 20.3. The molecule has 0 saturated heterocycles. The summed E-state index contributed by atoms with van der Waals surface area (Å²) in [4.78, 5) is 25.6. The van der Waals surface area contributed by atoms with Crippen LogP contribution in [0.4, 0.5) is 11.4 Å². The number of carbonyl (C=O) groups is 2. The molecular formula is C14H17N3O2. The van der Waals surface area contributed by atoms with E-state index in [4.69, 9.17) is 5.73 Å². The van der Waals surface area contributed by atoms with E-state index in [0.717, 1.165) is 24.9 Å². The zero-order chi connectivity index (χ0) is 13.5. The summed E-state index contributed by atoms with van der Waals surface area (Å²) in [6.07, 6.45) is 3.18. The number of para-hydroxylation sites is 2. The molecule has 2 aliphatic rings. The topological polar surface area (TPSA) is 75.4 Å². The van der Waals surface area contributed by atoms with Gasteiger partial charge in [0.2, 0.25) is 11.8 Å². The molecule has 2 amide bonds. The Morgan fingerprint density at radius 1 is 1.37 bits per heavy atom. The third-order valence-corrected chi connectivity index (χ3v) is 3.92. The molecule has 0 unspecified atom stereocenters. The molecule has 100 valence electrons. The van der Waals surface area contributed by atoms with Crippen molar-refractivity contribution in [1.29, 1.82) is 0 Å². The van der Waals surface area contributed by atoms with Crippen molar-refractivity contribution in [3.05, 3.63) is 24.3 Å². The largest absolute Gasteiger partial charge is 0.325 e. The Morgan fingerprint density at radius 3 is 2.79 bits per heavy atom. The molecule has 0 spiro atoms. The molecule has 1 aromatic rings. The molecule has 1 aromatic carbocycles. The molecule has 1 fully saturated rings. The SMILES string of the molecule is NC1(CC(=O)N2CC(=O)Nc3ccccc32)CCC1. The Bertz CT molecular complexity index is 537. The van der Waals surface area contributed by atoms with Gasteiger partial charge in [-0.3, -0.25) is 9.59 Å². The second kappa shape index (κ2) is 4.35. The van der Waals surface area contributed by atoms with Crippen molar-refractivity contribution < 1.29 is 9.59 Å². The molecule has 1 aliphatic heterocycles. The van der Waals surface area contributed by atoms with Gasteiger partial charge in [-0.1, -0.05) is 12.1 Å². The summed E-state index contributed by atoms with van der Waals surface area (Å²) in [7, 11) is 0. The Balaban J connectivity index is 1.84. The maximum absolute atomic E-state index is 12.4. The number of nitrogens with zero attached hydrogens (tertiary/aromatic N) is 1. The summed E-state index contributed by atoms with van der Waals surface area (Å²) in [6, 6.07) is 7.34. The first-order valence-electron chi connectivity index (χ1n) is 6.56. The second-order valence-electron chi connectivity index (χ2n) is 5.44. The van der Waals surface area contributed by atoms with Crippen LogP contribution in [0.2, 0.25) is 0 Å². The van der Waals surface area contributed by atoms with Crippen LogP contribution in [0.25, 0.3) is 0 Å². The van der Waals surface area contributed by atoms with E-state index in [1.165, 1.54) is 0 Å². The smallest absolute Gasteiger partial charge is 0.244 e. The van der Waals surface area contributed by atoms with Gasteiger partial charge >= 0.3 is 0 Å². The molecule has 3 rings (SSSR count). The standard InChI is InChI=1S/C14H17N3O2/c15-14(6-3-7-14)8-13(19)17-9-12(18)16-10-4-1-2-5-11(10)17/h1-2,4-5H,3,6-9,15H2,(H,16,18). The van der Waals surface area contributed by atoms with Crippen molar-refractivity contribution in [2.75, 3.05) is 16.8 Å². The van der Waals surface area contributed by atoms with Crippen LogP contribution in [0.15, 0.2) is 24.3 Å². The first-order chi connectivity index (χ1) is 9.07. The van der Waals surface area contributed by atoms with Gasteiger partial charge in [-0.05, 0) is 31.4 Å². The lowest BCUT2D eigenvalue weighted by Gasteiger charge is -2.39. The molecule has 0 radical (unpaired) electrons. The van der Waals surface area contributed by atoms with E-state index in [0.29, 0.717) is 12.1 Å². The second-order valence-corrected chi connectivity index (χ2v) is 5.44. The molecule has 1 heterocycles. The molecule has 1 aliphatic carbocycles. The maximum atomic E-state index is 12.4. The molecule has 3 N–H and O–H groups in total. The fourth-order valence-corrected chi connectivity index (χ4v) is 2.66. The van der Waals surface area contributed by atoms with E-state index in [1.54, 1.807) is 11.0 Å². The molecule has 0 atom stereocenters. The van der Waals surface area contributed by atoms with Crippen LogP contribution in [0.3, 0.4) is 0 Å². The minimum atomic E-state index is -0.361. The molecule has 1 saturated carbocycles. The minimum Gasteiger partial charge on any atom is -0.325 e. The third-order valence-electron chi connectivity index (χ3n) is 3.92. The predicted octanol–water partition coefficient (Wildman–Crippen LogP) is 1.24. The Hall–Kier alpha value is -1.88. The van der Waals surface area contributed by atoms with Gasteiger partial charge in [0.15, 0.2) is 0 Å². The molecule has 5 nitrogen and oxygen atoms in total. The summed E-state index contributed by atoms with van der Waals surface area (Å²) in [5.74, 6) is -0.226. The minimum absolute atomic E-state index is 0.0653. The van der Waals surface area contributed by atoms with Crippen molar-refractivity contribution in [2.45, 2.75) is 31.2 Å². The van der Waals surface area contributed by atoms with Crippen LogP contribution in [-0.4, -0.2) is 23.9 Å². The van der Waals surface area contributed by atoms with Crippen LogP contribution < -0.4 is 16.0 Å². The zero-order valence-electron chi connectivity index (χ0n) is 10.7. The summed E-state index contributed by atoms with van der Waals surface area (Å²) in [5, 5.41) is 2.77. The van der Waals surface area contributed by atoms with Gasteiger partial charge in [-0.15, -0.1) is 0 Å². The summed E-state index contributed by atoms with van der Waals surface area (Å²) >= 11 is 0. The van der Waals surface area contributed by atoms with Gasteiger partial charge < -0.3 is 16.0 Å². The van der Waals surface area contributed by atoms with Gasteiger partial charge in [0.25, 0.3) is 0 Å². The zero-order valence-corrected chi connectivity index (χ0v) is 10.7. The number of nitrogens with one attached hydrogen (secondary N) is 1. The van der Waals surface area contributed by atoms with Gasteiger partial charge in [0.1, 0.15) is 6.54 Å². The van der Waals surface area contributed by atoms with E-state index in [1.807, 2.05) is 18.2 Å². The third kappa shape index (κ3) is 2.21. The quantitative estimate of drug-likeness (QED) is 0.839. The van der Waals surface area contributed by atoms with Gasteiger partial charge in [0.05, 0.1) is 11.4 Å². The number of amides is 2. The van der Waals surface area contributed by atoms with E-state index < -0.39 is 0 Å². The number of fused-ring (bicyclic) bond motifs is 1. The Labute approximate surface area is 111 Å². The highest BCUT2D eigenvalue weighted by atomic mass is 16.2. The lowest BCUT2D eigenvalue weighted by atomic mass is 9.75. The average Bonchev–Trinajstić information content (AvgIpc) is 2.35. The summed E-state index contributed by atoms with van der Waals surface area (Å²) in [5.41, 5.74) is 7.20. The molecule has 0 bridgehead atoms. The van der Waals surface area contributed by atoms with Gasteiger partial charge in [0, 0.05) is 12.0 Å². The van der Waals surface area contributed by atoms with Crippen molar-refractivity contribution in [2.24, 2.45) is 5.73 Å². The summed E-state index contributed by atoms with van der Waals surface area (Å²) in [6.45, 7) is 0.0753. The number of anilines is 2. The lowest BCUT2D eigenvalue weighted by molar-refractivity contribution is -0.123. The Kier molecular flexibility index (Phi) is 2.78. The number of hydrogen-bond donors (Lipinski definition) is 2. The van der Waals surface area contributed by atoms with Crippen molar-refractivity contribution in [1.82, 2.24) is 0 Å². The highest BCUT2D eigenvalue weighted by Gasteiger charge is 2.37. The number of nitrogens with two attached hydrogens (primary N) is 1. The first-order valence-corrected chi connectivity index (χ1v) is 6.56. The average molecular weight is 259 g/mol. The van der Waals surface area contributed by atoms with Crippen LogP contribution in [-0.2, 0) is 9.59 Å². The number of carbonyl (C=O) groups excluding carboxylic acids is 2. The number of hydrogen-bond acceptors (Lipinski definition) is 3. The van der Waals surface area contributed by atoms with Crippen LogP contribution in [0.5, 0.6) is 0 Å². The molecule has 19 heavy (non-hydrogen) atoms. The van der Waals surface area contributed by atoms with Crippen molar-refractivity contribution in [3.63, 3.8) is 0 Å². The first kappa shape index (κ1) is 12.2. The molecule has 0 aromatic heterocycles. The molecular weight excluding hydrogens is 242 g/mol. The molecule has 5 heteroatoms. The monoisotopic (exact) mass is 259 g/mol. The highest BCUT2D eigenvalue weighted by molar-refractivity contribution is 6.10.